The second kappa shape index (κ2) is 144. The molecule has 0 saturated heterocycles. The highest BCUT2D eigenvalue weighted by atomic mass is 16.7. The van der Waals surface area contributed by atoms with Crippen LogP contribution in [-0.4, -0.2) is 260 Å². The maximum Gasteiger partial charge on any atom is 0.349 e. The summed E-state index contributed by atoms with van der Waals surface area (Å²) in [5, 5.41) is 128. The third-order valence-corrected chi connectivity index (χ3v) is 11.8. The molecule has 0 amide bonds. The van der Waals surface area contributed by atoms with Crippen molar-refractivity contribution >= 4 is 167 Å². The molecule has 67 nitrogen and oxygen atoms in total. The Balaban J connectivity index is -0.0000000572. The molecule has 3 unspecified atom stereocenters. The molecular weight excluding hydrogens is 2020 g/mol. The van der Waals surface area contributed by atoms with Gasteiger partial charge in [-0.2, -0.15) is 59.0 Å². The first-order valence-corrected chi connectivity index (χ1v) is 40.8. The van der Waals surface area contributed by atoms with Gasteiger partial charge in [0, 0.05) is 151 Å². The molecule has 3 atom stereocenters. The number of esters is 2. The molecular formula is C81H150N10O57. The van der Waals surface area contributed by atoms with E-state index in [9.17, 15) is 144 Å². The second-order valence-electron chi connectivity index (χ2n) is 23.6. The monoisotopic (exact) mass is 2170 g/mol. The number of carbonyl (C=O) groups is 28. The molecule has 67 heteroatoms. The lowest BCUT2D eigenvalue weighted by atomic mass is 9.66. The Morgan fingerprint density at radius 2 is 0.446 bits per heavy atom. The summed E-state index contributed by atoms with van der Waals surface area (Å²) < 4.78 is 3.97. The summed E-state index contributed by atoms with van der Waals surface area (Å²) in [5.41, 5.74) is -2.09. The number of carbonyl (C=O) groups excluding carboxylic acids is 12. The minimum absolute atomic E-state index is 0. The van der Waals surface area contributed by atoms with Gasteiger partial charge in [0.05, 0.1) is 23.7 Å². The third kappa shape index (κ3) is 216. The van der Waals surface area contributed by atoms with E-state index in [4.69, 9.17) is 77.4 Å². The molecule has 0 aromatic heterocycles. The van der Waals surface area contributed by atoms with Crippen molar-refractivity contribution < 1.29 is 280 Å². The summed E-state index contributed by atoms with van der Waals surface area (Å²) in [6.07, 6.45) is 15.8. The number of nitrogens with two attached hydrogens (primary N) is 10. The molecule has 0 fully saturated rings. The molecule has 40 N–H and O–H groups in total. The van der Waals surface area contributed by atoms with Crippen molar-refractivity contribution in [3.63, 3.8) is 0 Å². The maximum absolute atomic E-state index is 11.6. The van der Waals surface area contributed by atoms with E-state index >= 15 is 0 Å². The SMILES string of the molecule is C.CCC(=O)O.CCC(=O)O.CCC(=O)O.CCC(=O)O.CCC(=O)O.CCC(=O)O.CCC(=O)O.CCC(CC(=O)ON)(C(=O)O)C(C(=O)O)C(C)C(=O)ON.CCCC(=O)O.CCCC(=O)ON.CCCC(=O)ON.CCCC(=O)ON.CCCC(=O)ON.CCCC(=O)ON.CCCC(=O)ON.NOC(=O)/C=C\C(=O)O.NOC(=O)/C=C\C(=O)O.O.O.O=C(O)/C=C\C(=O)O.O=C(O)/C=C\C(=O)O.O=C1C=CC(=O)O1. The highest BCUT2D eigenvalue weighted by Gasteiger charge is 2.54. The molecule has 866 valence electrons. The first-order valence-electron chi connectivity index (χ1n) is 40.8. The van der Waals surface area contributed by atoms with Crippen LogP contribution in [0.1, 0.15) is 266 Å². The first-order chi connectivity index (χ1) is 67.0. The Morgan fingerprint density at radius 1 is 0.277 bits per heavy atom. The van der Waals surface area contributed by atoms with E-state index in [1.165, 1.54) is 6.92 Å². The summed E-state index contributed by atoms with van der Waals surface area (Å²) in [5.74, 6) is 18.2. The highest BCUT2D eigenvalue weighted by Crippen LogP contribution is 2.41. The Morgan fingerprint density at radius 3 is 0.527 bits per heavy atom. The van der Waals surface area contributed by atoms with Crippen molar-refractivity contribution in [1.82, 2.24) is 0 Å². The topological polar surface area (TPSA) is 1230 Å². The van der Waals surface area contributed by atoms with Crippen molar-refractivity contribution in [3.8, 4) is 0 Å². The fourth-order valence-electron chi connectivity index (χ4n) is 5.02. The molecule has 0 aliphatic carbocycles. The fraction of sp³-hybridized carbons (Fsp3) is 0.531. The lowest BCUT2D eigenvalue weighted by Crippen LogP contribution is -2.49. The number of aliphatic carboxylic acids is 16. The number of carboxylic acids is 16. The molecule has 0 spiro atoms. The largest absolute Gasteiger partial charge is 0.481 e. The molecule has 0 aromatic carbocycles. The number of cyclic esters (lactones) is 2. The van der Waals surface area contributed by atoms with E-state index in [0.717, 1.165) is 64.0 Å². The lowest BCUT2D eigenvalue weighted by molar-refractivity contribution is -0.176. The zero-order chi connectivity index (χ0) is 119. The van der Waals surface area contributed by atoms with Crippen LogP contribution in [-0.2, 0) is 187 Å². The second-order valence-corrected chi connectivity index (χ2v) is 23.6. The van der Waals surface area contributed by atoms with Crippen LogP contribution in [0.4, 0.5) is 0 Å². The zero-order valence-corrected chi connectivity index (χ0v) is 83.5. The predicted molar refractivity (Wildman–Crippen MR) is 502 cm³/mol. The molecule has 1 rings (SSSR count). The van der Waals surface area contributed by atoms with Crippen molar-refractivity contribution in [1.29, 1.82) is 0 Å². The summed E-state index contributed by atoms with van der Waals surface area (Å²) in [7, 11) is 0. The molecule has 0 saturated carbocycles. The maximum atomic E-state index is 11.6. The molecule has 1 aliphatic heterocycles. The van der Waals surface area contributed by atoms with Gasteiger partial charge in [-0.3, -0.25) is 86.3 Å². The van der Waals surface area contributed by atoms with Crippen LogP contribution in [0.15, 0.2) is 60.8 Å². The van der Waals surface area contributed by atoms with Crippen molar-refractivity contribution in [2.75, 3.05) is 0 Å². The average molecular weight is 2180 g/mol. The van der Waals surface area contributed by atoms with E-state index in [1.807, 2.05) is 48.5 Å². The molecule has 1 heterocycles. The van der Waals surface area contributed by atoms with Crippen LogP contribution in [0.25, 0.3) is 0 Å². The van der Waals surface area contributed by atoms with Crippen LogP contribution >= 0.6 is 0 Å². The number of hydrogen-bond acceptors (Lipinski definition) is 49. The van der Waals surface area contributed by atoms with Crippen molar-refractivity contribution in [3.05, 3.63) is 60.8 Å². The molecule has 0 aromatic rings. The molecule has 148 heavy (non-hydrogen) atoms. The predicted octanol–water partition coefficient (Wildman–Crippen LogP) is 0.611. The quantitative estimate of drug-likeness (QED) is 0.0175. The van der Waals surface area contributed by atoms with E-state index in [-0.39, 0.29) is 106 Å². The van der Waals surface area contributed by atoms with E-state index < -0.39 is 155 Å². The smallest absolute Gasteiger partial charge is 0.349 e. The van der Waals surface area contributed by atoms with Gasteiger partial charge in [0.15, 0.2) is 0 Å². The van der Waals surface area contributed by atoms with E-state index in [1.54, 1.807) is 48.5 Å². The summed E-state index contributed by atoms with van der Waals surface area (Å²) in [6.45, 7) is 26.9. The minimum Gasteiger partial charge on any atom is -0.481 e. The standard InChI is InChI=1S/C11H18N2O8.2C4H5NO4.6C4H9NO2.2C4H4O4.C4H2O3.C4H8O2.7C3H6O2.CH4.2H2O/c1-3-11(10(18)19,4-6(14)20-12)7(8(15)16)5(2)9(17)21-13;2*5-9-4(8)2-1-3(6)7;6*1-2-3-4(6)7-5;2*5-3(6)1-2-4(7)8;5-3-1-2-4(6)7-3;1-2-3-4(5)6;7*1-2-3(4)5;;;/h5,7H,3-4,12-13H2,1-2H3,(H,15,16)(H,18,19);2*1-2H,5H2,(H,6,7);6*2-3,5H2,1H3;2*1-2H,(H,5,6)(H,7,8);1-2H;2-3H2,1H3,(H,5,6);7*2H2,1H3,(H,4,5);1H4;2*1H2/b;2*2-1-;;;;;;;2*2-1-;;;;;;;;;;;;. The van der Waals surface area contributed by atoms with Crippen molar-refractivity contribution in [2.45, 2.75) is 266 Å². The number of rotatable bonds is 37. The van der Waals surface area contributed by atoms with E-state index in [0.29, 0.717) is 93.6 Å². The van der Waals surface area contributed by atoms with Gasteiger partial charge in [0.2, 0.25) is 0 Å². The van der Waals surface area contributed by atoms with Gasteiger partial charge in [-0.1, -0.05) is 118 Å². The first kappa shape index (κ1) is 187. The van der Waals surface area contributed by atoms with Crippen LogP contribution in [0.2, 0.25) is 0 Å². The summed E-state index contributed by atoms with van der Waals surface area (Å²) >= 11 is 0. The zero-order valence-electron chi connectivity index (χ0n) is 83.5. The normalized spacial score (nSPS) is 9.74. The van der Waals surface area contributed by atoms with Gasteiger partial charge in [0.25, 0.3) is 0 Å². The Labute approximate surface area is 847 Å². The van der Waals surface area contributed by atoms with Crippen LogP contribution < -0.4 is 59.0 Å². The third-order valence-electron chi connectivity index (χ3n) is 11.8. The van der Waals surface area contributed by atoms with Gasteiger partial charge in [0.1, 0.15) is 0 Å². The van der Waals surface area contributed by atoms with Gasteiger partial charge in [-0.15, -0.1) is 0 Å². The fourth-order valence-corrected chi connectivity index (χ4v) is 5.02. The molecule has 1 aliphatic rings. The van der Waals surface area contributed by atoms with Gasteiger partial charge in [-0.25, -0.2) is 47.9 Å². The van der Waals surface area contributed by atoms with Crippen LogP contribution in [0.5, 0.6) is 0 Å². The molecule has 0 bridgehead atoms. The van der Waals surface area contributed by atoms with E-state index in [2.05, 4.69) is 106 Å². The Kier molecular flexibility index (Phi) is 181. The lowest BCUT2D eigenvalue weighted by Gasteiger charge is -2.35. The number of hydrogen-bond donors (Lipinski definition) is 26. The summed E-state index contributed by atoms with van der Waals surface area (Å²) in [4.78, 5) is 317. The van der Waals surface area contributed by atoms with Crippen LogP contribution in [0.3, 0.4) is 0 Å². The molecule has 0 radical (unpaired) electrons. The van der Waals surface area contributed by atoms with Gasteiger partial charge in [-0.05, 0) is 51.4 Å². The summed E-state index contributed by atoms with van der Waals surface area (Å²) in [6, 6.07) is 0. The highest BCUT2D eigenvalue weighted by molar-refractivity contribution is 6.05. The minimum atomic E-state index is -2.09. The number of ether oxygens (including phenoxy) is 1. The van der Waals surface area contributed by atoms with Crippen LogP contribution in [0, 0.1) is 17.3 Å². The van der Waals surface area contributed by atoms with Gasteiger partial charge < -0.3 is 146 Å². The average Bonchev–Trinajstić information content (AvgIpc) is 0.855. The number of carboxylic acid groups (broad SMARTS) is 16. The Hall–Kier alpha value is -16.4. The Bertz CT molecular complexity index is 3440. The van der Waals surface area contributed by atoms with Gasteiger partial charge >= 0.3 is 167 Å². The van der Waals surface area contributed by atoms with Crippen molar-refractivity contribution in [2.24, 2.45) is 76.2 Å².